The SMILES string of the molecule is CC[C@H](NC(=O)OC(C)(C)C)C(C)(C)C. The molecule has 0 rings (SSSR count). The molecule has 0 spiro atoms. The molecule has 0 aliphatic heterocycles. The van der Waals surface area contributed by atoms with Crippen molar-refractivity contribution < 1.29 is 9.53 Å². The van der Waals surface area contributed by atoms with Gasteiger partial charge in [0.05, 0.1) is 0 Å². The van der Waals surface area contributed by atoms with Crippen molar-refractivity contribution in [2.75, 3.05) is 0 Å². The maximum atomic E-state index is 11.5. The van der Waals surface area contributed by atoms with Crippen LogP contribution in [0.15, 0.2) is 0 Å². The minimum atomic E-state index is -0.430. The first-order chi connectivity index (χ1) is 6.56. The zero-order valence-electron chi connectivity index (χ0n) is 11.1. The van der Waals surface area contributed by atoms with Gasteiger partial charge < -0.3 is 10.1 Å². The normalized spacial score (nSPS) is 14.6. The Hall–Kier alpha value is -0.730. The van der Waals surface area contributed by atoms with Gasteiger partial charge in [0.2, 0.25) is 0 Å². The standard InChI is InChI=1S/C12H25NO2/c1-8-9(11(2,3)4)13-10(14)15-12(5,6)7/h9H,8H2,1-7H3,(H,13,14)/t9-/m0/s1. The number of amides is 1. The number of rotatable bonds is 2. The van der Waals surface area contributed by atoms with Crippen LogP contribution in [-0.4, -0.2) is 17.7 Å². The molecule has 1 N–H and O–H groups in total. The summed E-state index contributed by atoms with van der Waals surface area (Å²) in [7, 11) is 0. The van der Waals surface area contributed by atoms with Crippen molar-refractivity contribution in [2.45, 2.75) is 66.5 Å². The lowest BCUT2D eigenvalue weighted by Crippen LogP contribution is -2.45. The Morgan fingerprint density at radius 1 is 1.20 bits per heavy atom. The summed E-state index contributed by atoms with van der Waals surface area (Å²) in [6, 6.07) is 0.146. The molecule has 90 valence electrons. The molecule has 0 heterocycles. The Morgan fingerprint density at radius 3 is 1.93 bits per heavy atom. The summed E-state index contributed by atoms with van der Waals surface area (Å²) in [4.78, 5) is 11.5. The topological polar surface area (TPSA) is 38.3 Å². The van der Waals surface area contributed by atoms with Crippen LogP contribution in [0.4, 0.5) is 4.79 Å². The molecule has 0 aromatic carbocycles. The van der Waals surface area contributed by atoms with Crippen molar-refractivity contribution in [3.8, 4) is 0 Å². The predicted molar refractivity (Wildman–Crippen MR) is 62.9 cm³/mol. The Morgan fingerprint density at radius 2 is 1.67 bits per heavy atom. The Balaban J connectivity index is 4.27. The van der Waals surface area contributed by atoms with E-state index >= 15 is 0 Å². The quantitative estimate of drug-likeness (QED) is 0.767. The summed E-state index contributed by atoms with van der Waals surface area (Å²) in [6.07, 6.45) is 0.576. The highest BCUT2D eigenvalue weighted by molar-refractivity contribution is 5.68. The van der Waals surface area contributed by atoms with Gasteiger partial charge in [-0.3, -0.25) is 0 Å². The molecule has 0 aliphatic carbocycles. The Labute approximate surface area is 93.6 Å². The lowest BCUT2D eigenvalue weighted by atomic mass is 9.85. The molecule has 0 saturated carbocycles. The molecule has 0 radical (unpaired) electrons. The largest absolute Gasteiger partial charge is 0.444 e. The lowest BCUT2D eigenvalue weighted by molar-refractivity contribution is 0.0461. The second-order valence-electron chi connectivity index (χ2n) is 5.97. The van der Waals surface area contributed by atoms with Crippen LogP contribution in [-0.2, 0) is 4.74 Å². The summed E-state index contributed by atoms with van der Waals surface area (Å²) < 4.78 is 5.22. The molecule has 0 bridgehead atoms. The van der Waals surface area contributed by atoms with Gasteiger partial charge in [0.1, 0.15) is 5.60 Å². The van der Waals surface area contributed by atoms with E-state index in [4.69, 9.17) is 4.74 Å². The monoisotopic (exact) mass is 215 g/mol. The summed E-state index contributed by atoms with van der Waals surface area (Å²) in [6.45, 7) is 14.0. The van der Waals surface area contributed by atoms with Gasteiger partial charge in [0, 0.05) is 6.04 Å². The van der Waals surface area contributed by atoms with E-state index in [1.165, 1.54) is 0 Å². The number of hydrogen-bond donors (Lipinski definition) is 1. The van der Waals surface area contributed by atoms with Crippen LogP contribution in [0.1, 0.15) is 54.9 Å². The molecule has 3 heteroatoms. The van der Waals surface area contributed by atoms with E-state index in [1.54, 1.807) is 0 Å². The van der Waals surface area contributed by atoms with Crippen LogP contribution in [0.25, 0.3) is 0 Å². The average Bonchev–Trinajstić information content (AvgIpc) is 1.94. The summed E-state index contributed by atoms with van der Waals surface area (Å²) in [5.41, 5.74) is -0.369. The molecule has 0 aromatic rings. The fourth-order valence-corrected chi connectivity index (χ4v) is 1.38. The van der Waals surface area contributed by atoms with Gasteiger partial charge in [0.15, 0.2) is 0 Å². The van der Waals surface area contributed by atoms with Crippen molar-refractivity contribution in [3.63, 3.8) is 0 Å². The molecular formula is C12H25NO2. The van der Waals surface area contributed by atoms with Crippen LogP contribution in [0.5, 0.6) is 0 Å². The zero-order valence-corrected chi connectivity index (χ0v) is 11.1. The van der Waals surface area contributed by atoms with Crippen molar-refractivity contribution in [1.29, 1.82) is 0 Å². The van der Waals surface area contributed by atoms with Crippen molar-refractivity contribution in [1.82, 2.24) is 5.32 Å². The highest BCUT2D eigenvalue weighted by atomic mass is 16.6. The molecule has 3 nitrogen and oxygen atoms in total. The van der Waals surface area contributed by atoms with E-state index in [9.17, 15) is 4.79 Å². The van der Waals surface area contributed by atoms with Crippen LogP contribution in [0, 0.1) is 5.41 Å². The number of carbonyl (C=O) groups excluding carboxylic acids is 1. The zero-order chi connectivity index (χ0) is 12.3. The van der Waals surface area contributed by atoms with E-state index in [2.05, 4.69) is 33.0 Å². The fraction of sp³-hybridized carbons (Fsp3) is 0.917. The van der Waals surface area contributed by atoms with Crippen LogP contribution in [0.3, 0.4) is 0 Å². The molecule has 0 aliphatic rings. The van der Waals surface area contributed by atoms with E-state index in [1.807, 2.05) is 20.8 Å². The predicted octanol–water partition coefficient (Wildman–Crippen LogP) is 3.34. The highest BCUT2D eigenvalue weighted by Crippen LogP contribution is 2.22. The molecule has 0 fully saturated rings. The molecule has 0 aromatic heterocycles. The number of nitrogens with one attached hydrogen (secondary N) is 1. The van der Waals surface area contributed by atoms with E-state index in [-0.39, 0.29) is 17.6 Å². The van der Waals surface area contributed by atoms with Gasteiger partial charge in [-0.15, -0.1) is 0 Å². The molecular weight excluding hydrogens is 190 g/mol. The molecule has 15 heavy (non-hydrogen) atoms. The summed E-state index contributed by atoms with van der Waals surface area (Å²) in [5.74, 6) is 0. The van der Waals surface area contributed by atoms with E-state index in [0.29, 0.717) is 0 Å². The summed E-state index contributed by atoms with van der Waals surface area (Å²) >= 11 is 0. The van der Waals surface area contributed by atoms with Crippen molar-refractivity contribution >= 4 is 6.09 Å². The minimum Gasteiger partial charge on any atom is -0.444 e. The van der Waals surface area contributed by atoms with E-state index in [0.717, 1.165) is 6.42 Å². The molecule has 0 unspecified atom stereocenters. The second-order valence-corrected chi connectivity index (χ2v) is 5.97. The first kappa shape index (κ1) is 14.3. The van der Waals surface area contributed by atoms with Gasteiger partial charge >= 0.3 is 6.09 Å². The molecule has 1 amide bonds. The van der Waals surface area contributed by atoms with Crippen molar-refractivity contribution in [2.24, 2.45) is 5.41 Å². The number of alkyl carbamates (subject to hydrolysis) is 1. The average molecular weight is 215 g/mol. The third-order valence-corrected chi connectivity index (χ3v) is 2.14. The van der Waals surface area contributed by atoms with Crippen LogP contribution in [0.2, 0.25) is 0 Å². The van der Waals surface area contributed by atoms with Gasteiger partial charge in [-0.2, -0.15) is 0 Å². The highest BCUT2D eigenvalue weighted by Gasteiger charge is 2.26. The van der Waals surface area contributed by atoms with Gasteiger partial charge in [-0.25, -0.2) is 4.79 Å². The summed E-state index contributed by atoms with van der Waals surface area (Å²) in [5, 5.41) is 2.90. The third kappa shape index (κ3) is 6.37. The third-order valence-electron chi connectivity index (χ3n) is 2.14. The Bertz CT molecular complexity index is 211. The number of hydrogen-bond acceptors (Lipinski definition) is 2. The van der Waals surface area contributed by atoms with Crippen molar-refractivity contribution in [3.05, 3.63) is 0 Å². The maximum Gasteiger partial charge on any atom is 0.407 e. The first-order valence-electron chi connectivity index (χ1n) is 5.56. The Kier molecular flexibility index (Phi) is 4.63. The lowest BCUT2D eigenvalue weighted by Gasteiger charge is -2.31. The number of carbonyl (C=O) groups is 1. The molecule has 0 saturated heterocycles. The van der Waals surface area contributed by atoms with Gasteiger partial charge in [0.25, 0.3) is 0 Å². The molecule has 1 atom stereocenters. The van der Waals surface area contributed by atoms with Crippen LogP contribution < -0.4 is 5.32 Å². The maximum absolute atomic E-state index is 11.5. The fourth-order valence-electron chi connectivity index (χ4n) is 1.38. The van der Waals surface area contributed by atoms with Gasteiger partial charge in [-0.1, -0.05) is 27.7 Å². The second kappa shape index (κ2) is 4.86. The minimum absolute atomic E-state index is 0.0612. The first-order valence-corrected chi connectivity index (χ1v) is 5.56. The van der Waals surface area contributed by atoms with Gasteiger partial charge in [-0.05, 0) is 32.6 Å². The van der Waals surface area contributed by atoms with E-state index < -0.39 is 5.60 Å². The number of ether oxygens (including phenoxy) is 1. The smallest absolute Gasteiger partial charge is 0.407 e. The van der Waals surface area contributed by atoms with Crippen LogP contribution >= 0.6 is 0 Å².